The number of esters is 1. The second-order valence-electron chi connectivity index (χ2n) is 6.19. The number of hydrogen-bond donors (Lipinski definition) is 2. The number of hydrogen-bond acceptors (Lipinski definition) is 5. The fourth-order valence-electron chi connectivity index (χ4n) is 2.85. The standard InChI is InChI=1S/C18H24N2O5/c1-12-5-3-4-6-15(12)19-18(23)20-16(21)11-25-14-9-7-13(8-10-14)17(22)24-2/h7-10,12,15H,3-6,11H2,1-2H3,(H2,19,20,21,23)/t12-,15-/m0/s1. The summed E-state index contributed by atoms with van der Waals surface area (Å²) in [7, 11) is 1.30. The molecule has 1 fully saturated rings. The van der Waals surface area contributed by atoms with Gasteiger partial charge in [0.15, 0.2) is 6.61 Å². The third kappa shape index (κ3) is 5.77. The highest BCUT2D eigenvalue weighted by Gasteiger charge is 2.23. The fraction of sp³-hybridized carbons (Fsp3) is 0.500. The molecule has 0 heterocycles. The van der Waals surface area contributed by atoms with Gasteiger partial charge in [-0.1, -0.05) is 19.8 Å². The number of amides is 3. The van der Waals surface area contributed by atoms with Crippen LogP contribution in [0.3, 0.4) is 0 Å². The summed E-state index contributed by atoms with van der Waals surface area (Å²) < 4.78 is 9.90. The lowest BCUT2D eigenvalue weighted by molar-refractivity contribution is -0.122. The third-order valence-electron chi connectivity index (χ3n) is 4.33. The van der Waals surface area contributed by atoms with Crippen LogP contribution in [-0.4, -0.2) is 37.7 Å². The number of carbonyl (C=O) groups is 3. The lowest BCUT2D eigenvalue weighted by atomic mass is 9.86. The molecular weight excluding hydrogens is 324 g/mol. The highest BCUT2D eigenvalue weighted by Crippen LogP contribution is 2.23. The number of imide groups is 1. The van der Waals surface area contributed by atoms with E-state index in [2.05, 4.69) is 22.3 Å². The van der Waals surface area contributed by atoms with Crippen LogP contribution >= 0.6 is 0 Å². The third-order valence-corrected chi connectivity index (χ3v) is 4.33. The molecule has 7 heteroatoms. The van der Waals surface area contributed by atoms with Gasteiger partial charge >= 0.3 is 12.0 Å². The van der Waals surface area contributed by atoms with E-state index < -0.39 is 17.9 Å². The maximum atomic E-state index is 11.9. The summed E-state index contributed by atoms with van der Waals surface area (Å²) in [5.74, 6) is -0.140. The second-order valence-corrected chi connectivity index (χ2v) is 6.19. The van der Waals surface area contributed by atoms with E-state index in [4.69, 9.17) is 4.74 Å². The number of benzene rings is 1. The minimum Gasteiger partial charge on any atom is -0.484 e. The van der Waals surface area contributed by atoms with Crippen LogP contribution in [0.2, 0.25) is 0 Å². The van der Waals surface area contributed by atoms with Gasteiger partial charge in [0.1, 0.15) is 5.75 Å². The van der Waals surface area contributed by atoms with Crippen LogP contribution in [0.4, 0.5) is 4.79 Å². The average molecular weight is 348 g/mol. The number of methoxy groups -OCH3 is 1. The van der Waals surface area contributed by atoms with Crippen LogP contribution in [0.1, 0.15) is 43.0 Å². The van der Waals surface area contributed by atoms with E-state index in [-0.39, 0.29) is 12.6 Å². The lowest BCUT2D eigenvalue weighted by Gasteiger charge is -2.29. The van der Waals surface area contributed by atoms with Crippen molar-refractivity contribution in [3.63, 3.8) is 0 Å². The Hall–Kier alpha value is -2.57. The summed E-state index contributed by atoms with van der Waals surface area (Å²) in [6.45, 7) is 1.82. The molecule has 1 aliphatic rings. The van der Waals surface area contributed by atoms with Crippen LogP contribution in [0.15, 0.2) is 24.3 Å². The number of nitrogens with one attached hydrogen (secondary N) is 2. The molecule has 1 aromatic rings. The molecule has 0 bridgehead atoms. The van der Waals surface area contributed by atoms with Crippen molar-refractivity contribution in [2.24, 2.45) is 5.92 Å². The largest absolute Gasteiger partial charge is 0.484 e. The van der Waals surface area contributed by atoms with Gasteiger partial charge in [-0.25, -0.2) is 9.59 Å². The number of carbonyl (C=O) groups excluding carboxylic acids is 3. The maximum Gasteiger partial charge on any atom is 0.337 e. The Bertz CT molecular complexity index is 614. The second kappa shape index (κ2) is 9.05. The summed E-state index contributed by atoms with van der Waals surface area (Å²) in [6, 6.07) is 5.81. The molecule has 25 heavy (non-hydrogen) atoms. The van der Waals surface area contributed by atoms with E-state index in [0.29, 0.717) is 17.2 Å². The summed E-state index contributed by atoms with van der Waals surface area (Å²) in [4.78, 5) is 35.0. The minimum absolute atomic E-state index is 0.105. The Morgan fingerprint density at radius 3 is 2.44 bits per heavy atom. The summed E-state index contributed by atoms with van der Waals surface area (Å²) in [6.07, 6.45) is 4.30. The van der Waals surface area contributed by atoms with Crippen molar-refractivity contribution in [2.45, 2.75) is 38.6 Å². The van der Waals surface area contributed by atoms with Crippen LogP contribution in [0.25, 0.3) is 0 Å². The van der Waals surface area contributed by atoms with Crippen molar-refractivity contribution >= 4 is 17.9 Å². The molecule has 1 aromatic carbocycles. The Kier molecular flexibility index (Phi) is 6.80. The van der Waals surface area contributed by atoms with E-state index in [1.54, 1.807) is 12.1 Å². The van der Waals surface area contributed by atoms with E-state index >= 15 is 0 Å². The first kappa shape index (κ1) is 18.8. The Labute approximate surface area is 147 Å². The maximum absolute atomic E-state index is 11.9. The molecule has 2 N–H and O–H groups in total. The summed E-state index contributed by atoms with van der Waals surface area (Å²) in [5, 5.41) is 5.11. The molecule has 0 radical (unpaired) electrons. The van der Waals surface area contributed by atoms with Crippen molar-refractivity contribution in [3.8, 4) is 5.75 Å². The molecule has 0 spiro atoms. The van der Waals surface area contributed by atoms with Gasteiger partial charge in [0.05, 0.1) is 12.7 Å². The molecule has 3 amide bonds. The molecule has 1 aliphatic carbocycles. The molecule has 2 atom stereocenters. The monoisotopic (exact) mass is 348 g/mol. The van der Waals surface area contributed by atoms with Gasteiger partial charge in [0.2, 0.25) is 0 Å². The van der Waals surface area contributed by atoms with E-state index in [1.807, 2.05) is 0 Å². The average Bonchev–Trinajstić information content (AvgIpc) is 2.61. The van der Waals surface area contributed by atoms with Crippen molar-refractivity contribution in [2.75, 3.05) is 13.7 Å². The first-order chi connectivity index (χ1) is 12.0. The van der Waals surface area contributed by atoms with Crippen LogP contribution in [-0.2, 0) is 9.53 Å². The number of ether oxygens (including phenoxy) is 2. The van der Waals surface area contributed by atoms with Crippen molar-refractivity contribution in [3.05, 3.63) is 29.8 Å². The topological polar surface area (TPSA) is 93.7 Å². The Balaban J connectivity index is 1.74. The first-order valence-electron chi connectivity index (χ1n) is 8.41. The van der Waals surface area contributed by atoms with Crippen LogP contribution in [0.5, 0.6) is 5.75 Å². The zero-order valence-electron chi connectivity index (χ0n) is 14.5. The van der Waals surface area contributed by atoms with Gasteiger partial charge in [0, 0.05) is 6.04 Å². The van der Waals surface area contributed by atoms with Gasteiger partial charge in [-0.2, -0.15) is 0 Å². The number of rotatable bonds is 5. The van der Waals surface area contributed by atoms with E-state index in [1.165, 1.54) is 25.7 Å². The minimum atomic E-state index is -0.530. The molecular formula is C18H24N2O5. The Morgan fingerprint density at radius 1 is 1.12 bits per heavy atom. The fourth-order valence-corrected chi connectivity index (χ4v) is 2.85. The quantitative estimate of drug-likeness (QED) is 0.796. The smallest absolute Gasteiger partial charge is 0.337 e. The molecule has 1 saturated carbocycles. The van der Waals surface area contributed by atoms with Gasteiger partial charge in [-0.3, -0.25) is 10.1 Å². The molecule has 7 nitrogen and oxygen atoms in total. The first-order valence-corrected chi connectivity index (χ1v) is 8.41. The van der Waals surface area contributed by atoms with Crippen molar-refractivity contribution in [1.82, 2.24) is 10.6 Å². The molecule has 2 rings (SSSR count). The van der Waals surface area contributed by atoms with Gasteiger partial charge in [-0.15, -0.1) is 0 Å². The lowest BCUT2D eigenvalue weighted by Crippen LogP contribution is -2.48. The van der Waals surface area contributed by atoms with E-state index in [0.717, 1.165) is 19.3 Å². The van der Waals surface area contributed by atoms with E-state index in [9.17, 15) is 14.4 Å². The van der Waals surface area contributed by atoms with Crippen molar-refractivity contribution < 1.29 is 23.9 Å². The normalized spacial score (nSPS) is 19.6. The predicted octanol–water partition coefficient (Wildman–Crippen LogP) is 2.26. The molecule has 0 saturated heterocycles. The molecule has 0 aromatic heterocycles. The van der Waals surface area contributed by atoms with Gasteiger partial charge < -0.3 is 14.8 Å². The van der Waals surface area contributed by atoms with Crippen LogP contribution in [0, 0.1) is 5.92 Å². The molecule has 0 aliphatic heterocycles. The van der Waals surface area contributed by atoms with Gasteiger partial charge in [0.25, 0.3) is 5.91 Å². The summed E-state index contributed by atoms with van der Waals surface area (Å²) in [5.41, 5.74) is 0.389. The zero-order valence-corrected chi connectivity index (χ0v) is 14.5. The highest BCUT2D eigenvalue weighted by atomic mass is 16.5. The Morgan fingerprint density at radius 2 is 1.80 bits per heavy atom. The molecule has 0 unspecified atom stereocenters. The van der Waals surface area contributed by atoms with Crippen molar-refractivity contribution in [1.29, 1.82) is 0 Å². The predicted molar refractivity (Wildman–Crippen MR) is 91.4 cm³/mol. The SMILES string of the molecule is COC(=O)c1ccc(OCC(=O)NC(=O)N[C@H]2CCCC[C@@H]2C)cc1. The molecule has 136 valence electrons. The zero-order chi connectivity index (χ0) is 18.2. The van der Waals surface area contributed by atoms with Gasteiger partial charge in [-0.05, 0) is 43.0 Å². The highest BCUT2D eigenvalue weighted by molar-refractivity contribution is 5.95. The summed E-state index contributed by atoms with van der Waals surface area (Å²) >= 11 is 0. The van der Waals surface area contributed by atoms with Crippen LogP contribution < -0.4 is 15.4 Å². The number of urea groups is 1.